The van der Waals surface area contributed by atoms with Crippen LogP contribution in [0.4, 0.5) is 5.69 Å². The highest BCUT2D eigenvalue weighted by Gasteiger charge is 2.04. The summed E-state index contributed by atoms with van der Waals surface area (Å²) in [5.74, 6) is 0. The summed E-state index contributed by atoms with van der Waals surface area (Å²) in [6.45, 7) is 9.37. The van der Waals surface area contributed by atoms with Crippen LogP contribution in [0.3, 0.4) is 0 Å². The highest BCUT2D eigenvalue weighted by molar-refractivity contribution is 5.48. The molecule has 18 heavy (non-hydrogen) atoms. The van der Waals surface area contributed by atoms with Crippen LogP contribution < -0.4 is 5.32 Å². The Labute approximate surface area is 109 Å². The van der Waals surface area contributed by atoms with Crippen molar-refractivity contribution in [1.82, 2.24) is 4.98 Å². The molecule has 2 nitrogen and oxygen atoms in total. The van der Waals surface area contributed by atoms with Crippen LogP contribution in [0.2, 0.25) is 0 Å². The van der Waals surface area contributed by atoms with Gasteiger partial charge < -0.3 is 5.32 Å². The van der Waals surface area contributed by atoms with E-state index in [4.69, 9.17) is 0 Å². The van der Waals surface area contributed by atoms with Crippen molar-refractivity contribution >= 4 is 5.69 Å². The Balaban J connectivity index is 2.19. The molecule has 0 amide bonds. The number of hydrogen-bond acceptors (Lipinski definition) is 2. The van der Waals surface area contributed by atoms with Crippen molar-refractivity contribution in [3.05, 3.63) is 58.4 Å². The smallest absolute Gasteiger partial charge is 0.0603 e. The molecule has 1 aromatic heterocycles. The highest BCUT2D eigenvalue weighted by atomic mass is 14.9. The first-order valence-electron chi connectivity index (χ1n) is 6.30. The molecule has 2 aromatic rings. The molecule has 0 spiro atoms. The molecule has 0 atom stereocenters. The van der Waals surface area contributed by atoms with Crippen LogP contribution in [0.15, 0.2) is 30.5 Å². The van der Waals surface area contributed by atoms with Gasteiger partial charge >= 0.3 is 0 Å². The molecule has 0 saturated carbocycles. The van der Waals surface area contributed by atoms with Gasteiger partial charge in [-0.3, -0.25) is 4.98 Å². The Hall–Kier alpha value is -1.83. The molecule has 2 rings (SSSR count). The molecule has 0 fully saturated rings. The van der Waals surface area contributed by atoms with Crippen LogP contribution in [0.25, 0.3) is 0 Å². The predicted octanol–water partition coefficient (Wildman–Crippen LogP) is 3.93. The zero-order chi connectivity index (χ0) is 13.1. The molecule has 0 saturated heterocycles. The number of hydrogen-bond donors (Lipinski definition) is 1. The predicted molar refractivity (Wildman–Crippen MR) is 77.0 cm³/mol. The first-order chi connectivity index (χ1) is 8.58. The van der Waals surface area contributed by atoms with Gasteiger partial charge in [0.2, 0.25) is 0 Å². The molecule has 2 heteroatoms. The monoisotopic (exact) mass is 240 g/mol. The standard InChI is InChI=1S/C16H20N2/c1-11-8-12(2)15(13(3)9-11)10-18-16-6-5-7-17-14(16)4/h5-9,18H,10H2,1-4H3. The number of nitrogens with zero attached hydrogens (tertiary/aromatic N) is 1. The summed E-state index contributed by atoms with van der Waals surface area (Å²) in [6.07, 6.45) is 1.82. The van der Waals surface area contributed by atoms with E-state index in [0.29, 0.717) is 0 Å². The summed E-state index contributed by atoms with van der Waals surface area (Å²) in [4.78, 5) is 4.29. The van der Waals surface area contributed by atoms with Gasteiger partial charge in [0.15, 0.2) is 0 Å². The van der Waals surface area contributed by atoms with Crippen molar-refractivity contribution in [2.24, 2.45) is 0 Å². The minimum Gasteiger partial charge on any atom is -0.379 e. The lowest BCUT2D eigenvalue weighted by atomic mass is 10.00. The van der Waals surface area contributed by atoms with Crippen molar-refractivity contribution in [2.75, 3.05) is 5.32 Å². The first-order valence-corrected chi connectivity index (χ1v) is 6.30. The first kappa shape index (κ1) is 12.6. The van der Waals surface area contributed by atoms with Crippen molar-refractivity contribution in [1.29, 1.82) is 0 Å². The number of rotatable bonds is 3. The second kappa shape index (κ2) is 5.21. The molecular formula is C16H20N2. The Morgan fingerprint density at radius 2 is 1.72 bits per heavy atom. The second-order valence-electron chi connectivity index (χ2n) is 4.87. The quantitative estimate of drug-likeness (QED) is 0.879. The van der Waals surface area contributed by atoms with Gasteiger partial charge in [0, 0.05) is 12.7 Å². The van der Waals surface area contributed by atoms with Gasteiger partial charge in [0.05, 0.1) is 11.4 Å². The van der Waals surface area contributed by atoms with E-state index in [-0.39, 0.29) is 0 Å². The van der Waals surface area contributed by atoms with E-state index in [1.807, 2.05) is 19.2 Å². The third-order valence-electron chi connectivity index (χ3n) is 3.30. The Bertz CT molecular complexity index is 536. The summed E-state index contributed by atoms with van der Waals surface area (Å²) in [6, 6.07) is 8.51. The molecule has 0 radical (unpaired) electrons. The fraction of sp³-hybridized carbons (Fsp3) is 0.312. The molecule has 1 N–H and O–H groups in total. The van der Waals surface area contributed by atoms with Gasteiger partial charge in [-0.05, 0) is 56.5 Å². The minimum atomic E-state index is 0.852. The number of aryl methyl sites for hydroxylation is 4. The average molecular weight is 240 g/mol. The number of benzene rings is 1. The van der Waals surface area contributed by atoms with Crippen LogP contribution in [0, 0.1) is 27.7 Å². The van der Waals surface area contributed by atoms with Crippen molar-refractivity contribution < 1.29 is 0 Å². The van der Waals surface area contributed by atoms with E-state index in [2.05, 4.69) is 49.3 Å². The Morgan fingerprint density at radius 3 is 2.33 bits per heavy atom. The van der Waals surface area contributed by atoms with Gasteiger partial charge in [0.25, 0.3) is 0 Å². The summed E-state index contributed by atoms with van der Waals surface area (Å²) in [5, 5.41) is 3.47. The summed E-state index contributed by atoms with van der Waals surface area (Å²) in [7, 11) is 0. The van der Waals surface area contributed by atoms with Gasteiger partial charge in [-0.2, -0.15) is 0 Å². The van der Waals surface area contributed by atoms with Crippen LogP contribution in [0.1, 0.15) is 27.9 Å². The van der Waals surface area contributed by atoms with E-state index in [0.717, 1.165) is 17.9 Å². The van der Waals surface area contributed by atoms with Crippen molar-refractivity contribution in [3.63, 3.8) is 0 Å². The van der Waals surface area contributed by atoms with Crippen LogP contribution >= 0.6 is 0 Å². The lowest BCUT2D eigenvalue weighted by Crippen LogP contribution is -2.05. The van der Waals surface area contributed by atoms with E-state index in [1.54, 1.807) is 0 Å². The van der Waals surface area contributed by atoms with Crippen molar-refractivity contribution in [3.8, 4) is 0 Å². The lowest BCUT2D eigenvalue weighted by Gasteiger charge is -2.14. The van der Waals surface area contributed by atoms with E-state index in [1.165, 1.54) is 22.3 Å². The van der Waals surface area contributed by atoms with Crippen LogP contribution in [0.5, 0.6) is 0 Å². The zero-order valence-corrected chi connectivity index (χ0v) is 11.5. The number of aromatic nitrogens is 1. The second-order valence-corrected chi connectivity index (χ2v) is 4.87. The topological polar surface area (TPSA) is 24.9 Å². The lowest BCUT2D eigenvalue weighted by molar-refractivity contribution is 1.06. The summed E-state index contributed by atoms with van der Waals surface area (Å²) < 4.78 is 0. The maximum absolute atomic E-state index is 4.29. The fourth-order valence-electron chi connectivity index (χ4n) is 2.34. The summed E-state index contributed by atoms with van der Waals surface area (Å²) >= 11 is 0. The van der Waals surface area contributed by atoms with Gasteiger partial charge in [0.1, 0.15) is 0 Å². The summed E-state index contributed by atoms with van der Waals surface area (Å²) in [5.41, 5.74) is 7.55. The molecule has 0 aliphatic heterocycles. The van der Waals surface area contributed by atoms with Crippen LogP contribution in [-0.4, -0.2) is 4.98 Å². The van der Waals surface area contributed by atoms with E-state index in [9.17, 15) is 0 Å². The molecule has 0 bridgehead atoms. The highest BCUT2D eigenvalue weighted by Crippen LogP contribution is 2.19. The van der Waals surface area contributed by atoms with Gasteiger partial charge in [-0.25, -0.2) is 0 Å². The van der Waals surface area contributed by atoms with Gasteiger partial charge in [-0.15, -0.1) is 0 Å². The van der Waals surface area contributed by atoms with Crippen LogP contribution in [-0.2, 0) is 6.54 Å². The molecule has 0 aliphatic carbocycles. The van der Waals surface area contributed by atoms with Crippen molar-refractivity contribution in [2.45, 2.75) is 34.2 Å². The maximum Gasteiger partial charge on any atom is 0.0603 e. The number of nitrogens with one attached hydrogen (secondary N) is 1. The number of pyridine rings is 1. The Kier molecular flexibility index (Phi) is 3.66. The van der Waals surface area contributed by atoms with Gasteiger partial charge in [-0.1, -0.05) is 17.7 Å². The molecule has 0 unspecified atom stereocenters. The van der Waals surface area contributed by atoms with E-state index >= 15 is 0 Å². The third-order valence-corrected chi connectivity index (χ3v) is 3.30. The molecule has 94 valence electrons. The van der Waals surface area contributed by atoms with E-state index < -0.39 is 0 Å². The molecule has 1 heterocycles. The SMILES string of the molecule is Cc1cc(C)c(CNc2cccnc2C)c(C)c1. The molecule has 0 aliphatic rings. The number of anilines is 1. The minimum absolute atomic E-state index is 0.852. The largest absolute Gasteiger partial charge is 0.379 e. The zero-order valence-electron chi connectivity index (χ0n) is 11.5. The molecular weight excluding hydrogens is 220 g/mol. The molecule has 1 aromatic carbocycles. The maximum atomic E-state index is 4.29. The fourth-order valence-corrected chi connectivity index (χ4v) is 2.34. The third kappa shape index (κ3) is 2.70. The normalized spacial score (nSPS) is 10.4. The average Bonchev–Trinajstić information content (AvgIpc) is 2.30. The Morgan fingerprint density at radius 1 is 1.06 bits per heavy atom.